The molecule has 1 aliphatic carbocycles. The molecule has 12 heavy (non-hydrogen) atoms. The Kier molecular flexibility index (Phi) is 5.35. The van der Waals surface area contributed by atoms with Gasteiger partial charge in [0.15, 0.2) is 0 Å². The second-order valence-corrected chi connectivity index (χ2v) is 3.01. The summed E-state index contributed by atoms with van der Waals surface area (Å²) in [5.74, 6) is 0. The summed E-state index contributed by atoms with van der Waals surface area (Å²) in [6, 6.07) is 0. The third-order valence-corrected chi connectivity index (χ3v) is 1.89. The highest BCUT2D eigenvalue weighted by Gasteiger charge is 1.83. The van der Waals surface area contributed by atoms with E-state index < -0.39 is 0 Å². The molecule has 0 aliphatic heterocycles. The molecule has 0 nitrogen and oxygen atoms in total. The number of allylic oxidation sites excluding steroid dienone is 6. The van der Waals surface area contributed by atoms with Gasteiger partial charge in [-0.05, 0) is 38.5 Å². The highest BCUT2D eigenvalue weighted by Crippen LogP contribution is 2.02. The van der Waals surface area contributed by atoms with Crippen LogP contribution in [0.3, 0.4) is 0 Å². The van der Waals surface area contributed by atoms with Crippen LogP contribution in [-0.4, -0.2) is 0 Å². The second kappa shape index (κ2) is 6.90. The van der Waals surface area contributed by atoms with Gasteiger partial charge in [0, 0.05) is 0 Å². The van der Waals surface area contributed by atoms with Crippen LogP contribution in [0.2, 0.25) is 0 Å². The Labute approximate surface area is 75.7 Å². The second-order valence-electron chi connectivity index (χ2n) is 3.01. The molecule has 1 radical (unpaired) electrons. The van der Waals surface area contributed by atoms with Crippen LogP contribution < -0.4 is 0 Å². The van der Waals surface area contributed by atoms with Gasteiger partial charge in [0.1, 0.15) is 0 Å². The summed E-state index contributed by atoms with van der Waals surface area (Å²) in [5.41, 5.74) is 0. The lowest BCUT2D eigenvalue weighted by Gasteiger charge is -1.92. The molecule has 0 saturated heterocycles. The van der Waals surface area contributed by atoms with Gasteiger partial charge in [-0.3, -0.25) is 0 Å². The first kappa shape index (κ1) is 9.31. The maximum atomic E-state index is 2.28. The van der Waals surface area contributed by atoms with E-state index in [1.54, 1.807) is 0 Å². The topological polar surface area (TPSA) is 0 Å². The molecule has 65 valence electrons. The molecule has 0 N–H and O–H groups in total. The minimum Gasteiger partial charge on any atom is -0.0885 e. The Morgan fingerprint density at radius 2 is 1.42 bits per heavy atom. The van der Waals surface area contributed by atoms with E-state index in [1.807, 2.05) is 0 Å². The van der Waals surface area contributed by atoms with Gasteiger partial charge in [0.25, 0.3) is 0 Å². The molecule has 0 atom stereocenters. The van der Waals surface area contributed by atoms with E-state index in [-0.39, 0.29) is 0 Å². The van der Waals surface area contributed by atoms with Crippen LogP contribution in [-0.2, 0) is 0 Å². The zero-order valence-corrected chi connectivity index (χ0v) is 7.58. The highest BCUT2D eigenvalue weighted by atomic mass is 13.9. The molecular weight excluding hydrogens is 144 g/mol. The average Bonchev–Trinajstić information content (AvgIpc) is 2.05. The van der Waals surface area contributed by atoms with Crippen molar-refractivity contribution in [2.75, 3.05) is 0 Å². The average molecular weight is 161 g/mol. The molecule has 0 spiro atoms. The molecule has 0 heteroatoms. The summed E-state index contributed by atoms with van der Waals surface area (Å²) in [6.45, 7) is 0. The lowest BCUT2D eigenvalue weighted by molar-refractivity contribution is 0.863. The summed E-state index contributed by atoms with van der Waals surface area (Å²) in [5, 5.41) is 0. The van der Waals surface area contributed by atoms with Crippen LogP contribution in [0.1, 0.15) is 32.1 Å². The van der Waals surface area contributed by atoms with E-state index in [0.29, 0.717) is 0 Å². The quantitative estimate of drug-likeness (QED) is 0.474. The van der Waals surface area contributed by atoms with Crippen molar-refractivity contribution in [3.63, 3.8) is 0 Å². The van der Waals surface area contributed by atoms with Gasteiger partial charge in [-0.15, -0.1) is 0 Å². The largest absolute Gasteiger partial charge is 0.0885 e. The lowest BCUT2D eigenvalue weighted by Crippen LogP contribution is -1.73. The van der Waals surface area contributed by atoms with Gasteiger partial charge in [-0.1, -0.05) is 36.5 Å². The SMILES string of the molecule is [CH]1/C=C\C/C=C\CCC/C=C\C1. The van der Waals surface area contributed by atoms with Crippen LogP contribution in [0.15, 0.2) is 36.5 Å². The van der Waals surface area contributed by atoms with Crippen LogP contribution in [0.5, 0.6) is 0 Å². The smallest absolute Gasteiger partial charge is 0.0133 e. The molecule has 0 unspecified atom stereocenters. The van der Waals surface area contributed by atoms with Crippen molar-refractivity contribution in [2.45, 2.75) is 32.1 Å². The number of rotatable bonds is 0. The van der Waals surface area contributed by atoms with Crippen molar-refractivity contribution in [1.29, 1.82) is 0 Å². The first-order chi connectivity index (χ1) is 6.00. The van der Waals surface area contributed by atoms with Gasteiger partial charge in [0.2, 0.25) is 0 Å². The molecule has 0 saturated carbocycles. The third-order valence-electron chi connectivity index (χ3n) is 1.89. The van der Waals surface area contributed by atoms with Crippen LogP contribution in [0.4, 0.5) is 0 Å². The Hall–Kier alpha value is -0.780. The predicted octanol–water partition coefficient (Wildman–Crippen LogP) is 3.82. The lowest BCUT2D eigenvalue weighted by atomic mass is 10.1. The van der Waals surface area contributed by atoms with Gasteiger partial charge >= 0.3 is 0 Å². The number of hydrogen-bond donors (Lipinski definition) is 0. The van der Waals surface area contributed by atoms with Crippen LogP contribution in [0.25, 0.3) is 0 Å². The van der Waals surface area contributed by atoms with Crippen LogP contribution in [0, 0.1) is 6.42 Å². The Bertz CT molecular complexity index is 172. The summed E-state index contributed by atoms with van der Waals surface area (Å²) < 4.78 is 0. The zero-order valence-electron chi connectivity index (χ0n) is 7.58. The van der Waals surface area contributed by atoms with Crippen molar-refractivity contribution >= 4 is 0 Å². The van der Waals surface area contributed by atoms with E-state index in [0.717, 1.165) is 12.8 Å². The number of hydrogen-bond acceptors (Lipinski definition) is 0. The molecule has 0 aromatic heterocycles. The Morgan fingerprint density at radius 3 is 2.25 bits per heavy atom. The fraction of sp³-hybridized carbons (Fsp3) is 0.417. The first-order valence-corrected chi connectivity index (χ1v) is 4.78. The van der Waals surface area contributed by atoms with E-state index in [2.05, 4.69) is 42.9 Å². The van der Waals surface area contributed by atoms with E-state index in [1.165, 1.54) is 19.3 Å². The molecule has 0 amide bonds. The minimum absolute atomic E-state index is 1.08. The fourth-order valence-electron chi connectivity index (χ4n) is 1.19. The fourth-order valence-corrected chi connectivity index (χ4v) is 1.19. The maximum absolute atomic E-state index is 2.28. The van der Waals surface area contributed by atoms with Crippen LogP contribution >= 0.6 is 0 Å². The molecule has 1 rings (SSSR count). The summed E-state index contributed by atoms with van der Waals surface area (Å²) in [6.07, 6.45) is 21.5. The standard InChI is InChI=1S/C12H17/c1-2-4-6-8-10-12-11-9-7-5-3-1/h1-3,6-9H,4-5,10-12H2/b2-1-,8-6-,9-7-. The first-order valence-electron chi connectivity index (χ1n) is 4.78. The molecule has 0 aromatic rings. The maximum Gasteiger partial charge on any atom is -0.0133 e. The minimum atomic E-state index is 1.08. The Balaban J connectivity index is 2.30. The van der Waals surface area contributed by atoms with E-state index >= 15 is 0 Å². The van der Waals surface area contributed by atoms with Crippen molar-refractivity contribution in [3.05, 3.63) is 42.9 Å². The van der Waals surface area contributed by atoms with E-state index in [9.17, 15) is 0 Å². The molecule has 0 bridgehead atoms. The third kappa shape index (κ3) is 4.95. The molecule has 0 fully saturated rings. The van der Waals surface area contributed by atoms with Gasteiger partial charge in [0.05, 0.1) is 0 Å². The van der Waals surface area contributed by atoms with Crippen molar-refractivity contribution in [1.82, 2.24) is 0 Å². The predicted molar refractivity (Wildman–Crippen MR) is 54.8 cm³/mol. The highest BCUT2D eigenvalue weighted by molar-refractivity contribution is 5.03. The molecular formula is C12H17. The van der Waals surface area contributed by atoms with Crippen molar-refractivity contribution < 1.29 is 0 Å². The summed E-state index contributed by atoms with van der Waals surface area (Å²) in [4.78, 5) is 0. The molecule has 0 heterocycles. The Morgan fingerprint density at radius 1 is 0.667 bits per heavy atom. The van der Waals surface area contributed by atoms with Crippen molar-refractivity contribution in [2.24, 2.45) is 0 Å². The molecule has 1 aliphatic rings. The molecule has 0 aromatic carbocycles. The van der Waals surface area contributed by atoms with E-state index in [4.69, 9.17) is 0 Å². The van der Waals surface area contributed by atoms with Gasteiger partial charge in [-0.2, -0.15) is 0 Å². The van der Waals surface area contributed by atoms with Crippen molar-refractivity contribution in [3.8, 4) is 0 Å². The monoisotopic (exact) mass is 161 g/mol. The van der Waals surface area contributed by atoms with Gasteiger partial charge < -0.3 is 0 Å². The summed E-state index contributed by atoms with van der Waals surface area (Å²) in [7, 11) is 0. The normalized spacial score (nSPS) is 28.0. The zero-order chi connectivity index (χ0) is 8.49. The summed E-state index contributed by atoms with van der Waals surface area (Å²) >= 11 is 0. The van der Waals surface area contributed by atoms with Gasteiger partial charge in [-0.25, -0.2) is 0 Å².